The van der Waals surface area contributed by atoms with E-state index in [2.05, 4.69) is 4.72 Å². The predicted molar refractivity (Wildman–Crippen MR) is 56.5 cm³/mol. The number of nitrogens with two attached hydrogens (primary N) is 1. The predicted octanol–water partition coefficient (Wildman–Crippen LogP) is -0.322. The van der Waals surface area contributed by atoms with Crippen LogP contribution in [0.2, 0.25) is 0 Å². The van der Waals surface area contributed by atoms with Crippen LogP contribution < -0.4 is 10.5 Å². The summed E-state index contributed by atoms with van der Waals surface area (Å²) in [5, 5.41) is 0. The van der Waals surface area contributed by atoms with Crippen LogP contribution >= 0.6 is 0 Å². The van der Waals surface area contributed by atoms with Gasteiger partial charge in [-0.05, 0) is 20.8 Å². The SMILES string of the molecule is CC(C)OCCS(=O)(=O)N[C@@H](C)CN. The lowest BCUT2D eigenvalue weighted by Gasteiger charge is -2.12. The van der Waals surface area contributed by atoms with Crippen LogP contribution in [0.25, 0.3) is 0 Å². The van der Waals surface area contributed by atoms with Crippen molar-refractivity contribution in [1.29, 1.82) is 0 Å². The van der Waals surface area contributed by atoms with E-state index in [-0.39, 0.29) is 24.5 Å². The summed E-state index contributed by atoms with van der Waals surface area (Å²) in [5.41, 5.74) is 5.30. The van der Waals surface area contributed by atoms with Gasteiger partial charge in [-0.25, -0.2) is 13.1 Å². The Bertz CT molecular complexity index is 239. The van der Waals surface area contributed by atoms with E-state index in [9.17, 15) is 8.42 Å². The van der Waals surface area contributed by atoms with Gasteiger partial charge in [0.2, 0.25) is 10.0 Å². The summed E-state index contributed by atoms with van der Waals surface area (Å²) >= 11 is 0. The molecule has 0 spiro atoms. The maximum Gasteiger partial charge on any atom is 0.214 e. The Balaban J connectivity index is 3.84. The second-order valence-corrected chi connectivity index (χ2v) is 5.37. The fraction of sp³-hybridized carbons (Fsp3) is 1.00. The van der Waals surface area contributed by atoms with Crippen molar-refractivity contribution >= 4 is 10.0 Å². The zero-order chi connectivity index (χ0) is 11.2. The minimum absolute atomic E-state index is 0.0183. The Morgan fingerprint density at radius 3 is 2.36 bits per heavy atom. The van der Waals surface area contributed by atoms with Crippen molar-refractivity contribution in [2.75, 3.05) is 18.9 Å². The standard InChI is InChI=1S/C8H20N2O3S/c1-7(2)13-4-5-14(11,12)10-8(3)6-9/h7-8,10H,4-6,9H2,1-3H3/t8-/m0/s1. The second kappa shape index (κ2) is 6.34. The van der Waals surface area contributed by atoms with Crippen LogP contribution in [-0.4, -0.2) is 39.5 Å². The van der Waals surface area contributed by atoms with Crippen LogP contribution in [0.5, 0.6) is 0 Å². The van der Waals surface area contributed by atoms with Gasteiger partial charge in [-0.15, -0.1) is 0 Å². The summed E-state index contributed by atoms with van der Waals surface area (Å²) in [7, 11) is -3.24. The largest absolute Gasteiger partial charge is 0.378 e. The molecular weight excluding hydrogens is 204 g/mol. The highest BCUT2D eigenvalue weighted by molar-refractivity contribution is 7.89. The van der Waals surface area contributed by atoms with Gasteiger partial charge in [-0.3, -0.25) is 0 Å². The summed E-state index contributed by atoms with van der Waals surface area (Å²) in [4.78, 5) is 0. The minimum atomic E-state index is -3.24. The topological polar surface area (TPSA) is 81.4 Å². The summed E-state index contributed by atoms with van der Waals surface area (Å²) in [6.07, 6.45) is 0.0529. The molecule has 0 amide bonds. The number of nitrogens with one attached hydrogen (secondary N) is 1. The molecule has 0 saturated heterocycles. The zero-order valence-electron chi connectivity index (χ0n) is 8.99. The first-order valence-corrected chi connectivity index (χ1v) is 6.34. The quantitative estimate of drug-likeness (QED) is 0.621. The molecule has 0 aromatic heterocycles. The van der Waals surface area contributed by atoms with Gasteiger partial charge >= 0.3 is 0 Å². The maximum atomic E-state index is 11.3. The lowest BCUT2D eigenvalue weighted by Crippen LogP contribution is -2.39. The van der Waals surface area contributed by atoms with Crippen LogP contribution in [0, 0.1) is 0 Å². The van der Waals surface area contributed by atoms with E-state index < -0.39 is 10.0 Å². The van der Waals surface area contributed by atoms with Crippen LogP contribution in [0.15, 0.2) is 0 Å². The number of sulfonamides is 1. The molecule has 0 unspecified atom stereocenters. The number of rotatable bonds is 7. The first-order valence-electron chi connectivity index (χ1n) is 4.69. The van der Waals surface area contributed by atoms with Crippen molar-refractivity contribution in [3.63, 3.8) is 0 Å². The molecule has 0 aliphatic rings. The third kappa shape index (κ3) is 7.25. The summed E-state index contributed by atoms with van der Waals surface area (Å²) in [6, 6.07) is -0.223. The van der Waals surface area contributed by atoms with Crippen molar-refractivity contribution < 1.29 is 13.2 Å². The van der Waals surface area contributed by atoms with Gasteiger partial charge in [0.05, 0.1) is 18.5 Å². The van der Waals surface area contributed by atoms with Gasteiger partial charge in [0.15, 0.2) is 0 Å². The minimum Gasteiger partial charge on any atom is -0.378 e. The molecule has 0 saturated carbocycles. The van der Waals surface area contributed by atoms with Gasteiger partial charge in [-0.1, -0.05) is 0 Å². The summed E-state index contributed by atoms with van der Waals surface area (Å²) in [5.74, 6) is -0.0183. The van der Waals surface area contributed by atoms with Crippen LogP contribution in [0.4, 0.5) is 0 Å². The van der Waals surface area contributed by atoms with Gasteiger partial charge < -0.3 is 10.5 Å². The lowest BCUT2D eigenvalue weighted by atomic mass is 10.4. The zero-order valence-corrected chi connectivity index (χ0v) is 9.80. The lowest BCUT2D eigenvalue weighted by molar-refractivity contribution is 0.0911. The highest BCUT2D eigenvalue weighted by Gasteiger charge is 2.13. The van der Waals surface area contributed by atoms with Gasteiger partial charge in [0.25, 0.3) is 0 Å². The highest BCUT2D eigenvalue weighted by Crippen LogP contribution is 1.92. The molecule has 0 aromatic rings. The van der Waals surface area contributed by atoms with Crippen molar-refractivity contribution in [3.8, 4) is 0 Å². The number of ether oxygens (including phenoxy) is 1. The van der Waals surface area contributed by atoms with Crippen molar-refractivity contribution in [2.24, 2.45) is 5.73 Å². The molecule has 86 valence electrons. The highest BCUT2D eigenvalue weighted by atomic mass is 32.2. The molecule has 0 aliphatic heterocycles. The third-order valence-electron chi connectivity index (χ3n) is 1.54. The first-order chi connectivity index (χ1) is 6.37. The Morgan fingerprint density at radius 1 is 1.36 bits per heavy atom. The Kier molecular flexibility index (Phi) is 6.26. The summed E-state index contributed by atoms with van der Waals surface area (Å²) < 4.78 is 30.3. The molecule has 14 heavy (non-hydrogen) atoms. The second-order valence-electron chi connectivity index (χ2n) is 3.49. The smallest absolute Gasteiger partial charge is 0.214 e. The Labute approximate surface area is 86.1 Å². The normalized spacial score (nSPS) is 14.6. The first kappa shape index (κ1) is 13.8. The fourth-order valence-electron chi connectivity index (χ4n) is 0.807. The Hall–Kier alpha value is -0.170. The van der Waals surface area contributed by atoms with Crippen molar-refractivity contribution in [2.45, 2.75) is 32.9 Å². The molecule has 0 aromatic carbocycles. The van der Waals surface area contributed by atoms with Crippen molar-refractivity contribution in [3.05, 3.63) is 0 Å². The maximum absolute atomic E-state index is 11.3. The van der Waals surface area contributed by atoms with E-state index >= 15 is 0 Å². The molecule has 6 heteroatoms. The molecule has 0 fully saturated rings. The molecule has 5 nitrogen and oxygen atoms in total. The van der Waals surface area contributed by atoms with E-state index in [4.69, 9.17) is 10.5 Å². The molecule has 0 radical (unpaired) electrons. The number of hydrogen-bond donors (Lipinski definition) is 2. The monoisotopic (exact) mass is 224 g/mol. The molecule has 0 rings (SSSR count). The van der Waals surface area contributed by atoms with Crippen LogP contribution in [0.1, 0.15) is 20.8 Å². The molecule has 0 bridgehead atoms. The third-order valence-corrected chi connectivity index (χ3v) is 3.00. The van der Waals surface area contributed by atoms with E-state index in [0.29, 0.717) is 6.54 Å². The van der Waals surface area contributed by atoms with E-state index in [1.807, 2.05) is 13.8 Å². The number of hydrogen-bond acceptors (Lipinski definition) is 4. The molecule has 0 heterocycles. The van der Waals surface area contributed by atoms with E-state index in [1.165, 1.54) is 0 Å². The van der Waals surface area contributed by atoms with Gasteiger partial charge in [0, 0.05) is 12.6 Å². The van der Waals surface area contributed by atoms with Crippen LogP contribution in [-0.2, 0) is 14.8 Å². The molecule has 1 atom stereocenters. The molecule has 3 N–H and O–H groups in total. The van der Waals surface area contributed by atoms with Gasteiger partial charge in [-0.2, -0.15) is 0 Å². The molecule has 0 aliphatic carbocycles. The fourth-order valence-corrected chi connectivity index (χ4v) is 1.95. The molecular formula is C8H20N2O3S. The average Bonchev–Trinajstić information content (AvgIpc) is 2.02. The average molecular weight is 224 g/mol. The summed E-state index contributed by atoms with van der Waals surface area (Å²) in [6.45, 7) is 5.96. The van der Waals surface area contributed by atoms with Crippen molar-refractivity contribution in [1.82, 2.24) is 4.72 Å². The van der Waals surface area contributed by atoms with E-state index in [1.54, 1.807) is 6.92 Å². The van der Waals surface area contributed by atoms with E-state index in [0.717, 1.165) is 0 Å². The Morgan fingerprint density at radius 2 is 1.93 bits per heavy atom. The van der Waals surface area contributed by atoms with Gasteiger partial charge in [0.1, 0.15) is 0 Å². The van der Waals surface area contributed by atoms with Crippen LogP contribution in [0.3, 0.4) is 0 Å².